The predicted molar refractivity (Wildman–Crippen MR) is 90.2 cm³/mol. The average molecular weight is 305 g/mol. The minimum absolute atomic E-state index is 0.668. The largest absolute Gasteiger partial charge is 0.494 e. The maximum absolute atomic E-state index is 10.6. The second-order valence-electron chi connectivity index (χ2n) is 5.31. The van der Waals surface area contributed by atoms with Crippen molar-refractivity contribution in [3.8, 4) is 5.75 Å². The number of rotatable bonds is 10. The van der Waals surface area contributed by atoms with Gasteiger partial charge >= 0.3 is 6.03 Å². The summed E-state index contributed by atoms with van der Waals surface area (Å²) < 4.78 is 5.72. The van der Waals surface area contributed by atoms with Crippen molar-refractivity contribution in [3.05, 3.63) is 29.8 Å². The van der Waals surface area contributed by atoms with Crippen LogP contribution in [0.1, 0.15) is 57.9 Å². The molecular formula is C17H27N3O2. The first-order chi connectivity index (χ1) is 10.6. The van der Waals surface area contributed by atoms with E-state index in [1.165, 1.54) is 32.1 Å². The molecule has 0 unspecified atom stereocenters. The number of carbonyl (C=O) groups excluding carboxylic acids is 1. The van der Waals surface area contributed by atoms with E-state index in [0.717, 1.165) is 24.3 Å². The van der Waals surface area contributed by atoms with Gasteiger partial charge in [0.25, 0.3) is 0 Å². The molecule has 0 fully saturated rings. The van der Waals surface area contributed by atoms with Gasteiger partial charge in [-0.2, -0.15) is 5.10 Å². The molecule has 0 aromatic heterocycles. The topological polar surface area (TPSA) is 76.7 Å². The number of unbranched alkanes of at least 4 members (excludes halogenated alkanes) is 5. The fourth-order valence-electron chi connectivity index (χ4n) is 2.07. The number of nitrogens with one attached hydrogen (secondary N) is 1. The summed E-state index contributed by atoms with van der Waals surface area (Å²) >= 11 is 0. The zero-order valence-corrected chi connectivity index (χ0v) is 13.6. The van der Waals surface area contributed by atoms with Crippen molar-refractivity contribution in [3.63, 3.8) is 0 Å². The second kappa shape index (κ2) is 10.7. The van der Waals surface area contributed by atoms with Crippen LogP contribution in [0.25, 0.3) is 0 Å². The first kappa shape index (κ1) is 18.0. The van der Waals surface area contributed by atoms with Gasteiger partial charge in [0, 0.05) is 0 Å². The fraction of sp³-hybridized carbons (Fsp3) is 0.529. The van der Waals surface area contributed by atoms with Crippen LogP contribution in [0.4, 0.5) is 4.79 Å². The van der Waals surface area contributed by atoms with Gasteiger partial charge in [0.2, 0.25) is 0 Å². The van der Waals surface area contributed by atoms with Crippen LogP contribution in [0.15, 0.2) is 29.4 Å². The Morgan fingerprint density at radius 1 is 1.14 bits per heavy atom. The smallest absolute Gasteiger partial charge is 0.332 e. The number of nitrogens with two attached hydrogens (primary N) is 1. The molecule has 0 aliphatic rings. The first-order valence-electron chi connectivity index (χ1n) is 7.96. The van der Waals surface area contributed by atoms with E-state index in [1.807, 2.05) is 31.2 Å². The quantitative estimate of drug-likeness (QED) is 0.391. The molecule has 0 saturated carbocycles. The summed E-state index contributed by atoms with van der Waals surface area (Å²) in [6, 6.07) is 6.99. The minimum atomic E-state index is -0.668. The van der Waals surface area contributed by atoms with E-state index in [0.29, 0.717) is 5.71 Å². The molecule has 1 aromatic rings. The number of ether oxygens (including phenoxy) is 1. The van der Waals surface area contributed by atoms with E-state index >= 15 is 0 Å². The molecule has 5 heteroatoms. The van der Waals surface area contributed by atoms with Crippen molar-refractivity contribution in [2.45, 2.75) is 52.4 Å². The van der Waals surface area contributed by atoms with Gasteiger partial charge in [0.15, 0.2) is 0 Å². The van der Waals surface area contributed by atoms with Crippen LogP contribution in [0.2, 0.25) is 0 Å². The van der Waals surface area contributed by atoms with Gasteiger partial charge in [0.05, 0.1) is 12.3 Å². The van der Waals surface area contributed by atoms with Gasteiger partial charge in [-0.1, -0.05) is 39.0 Å². The molecule has 0 spiro atoms. The van der Waals surface area contributed by atoms with E-state index in [1.54, 1.807) is 0 Å². The van der Waals surface area contributed by atoms with Gasteiger partial charge < -0.3 is 10.5 Å². The Kier molecular flexibility index (Phi) is 8.72. The van der Waals surface area contributed by atoms with E-state index in [9.17, 15) is 4.79 Å². The van der Waals surface area contributed by atoms with Gasteiger partial charge in [-0.25, -0.2) is 10.2 Å². The van der Waals surface area contributed by atoms with Crippen molar-refractivity contribution in [2.24, 2.45) is 10.8 Å². The molecule has 2 amide bonds. The lowest BCUT2D eigenvalue weighted by Gasteiger charge is -2.07. The number of amides is 2. The molecule has 22 heavy (non-hydrogen) atoms. The van der Waals surface area contributed by atoms with Gasteiger partial charge in [-0.05, 0) is 43.2 Å². The van der Waals surface area contributed by atoms with E-state index < -0.39 is 6.03 Å². The summed E-state index contributed by atoms with van der Waals surface area (Å²) in [7, 11) is 0. The number of primary amides is 1. The van der Waals surface area contributed by atoms with Crippen LogP contribution in [0.5, 0.6) is 5.75 Å². The molecule has 122 valence electrons. The highest BCUT2D eigenvalue weighted by Crippen LogP contribution is 2.14. The lowest BCUT2D eigenvalue weighted by atomic mass is 10.1. The number of carbonyl (C=O) groups is 1. The number of hydrazone groups is 1. The summed E-state index contributed by atoms with van der Waals surface area (Å²) in [6.45, 7) is 4.78. The molecule has 0 aliphatic carbocycles. The number of benzene rings is 1. The van der Waals surface area contributed by atoms with Gasteiger partial charge in [-0.15, -0.1) is 0 Å². The van der Waals surface area contributed by atoms with Crippen LogP contribution in [0, 0.1) is 0 Å². The van der Waals surface area contributed by atoms with Crippen molar-refractivity contribution in [1.29, 1.82) is 0 Å². The third-order valence-electron chi connectivity index (χ3n) is 3.37. The normalized spacial score (nSPS) is 11.3. The molecule has 0 aliphatic heterocycles. The Bertz CT molecular complexity index is 469. The molecule has 5 nitrogen and oxygen atoms in total. The maximum Gasteiger partial charge on any atom is 0.332 e. The van der Waals surface area contributed by atoms with E-state index in [4.69, 9.17) is 10.5 Å². The van der Waals surface area contributed by atoms with Crippen LogP contribution in [-0.4, -0.2) is 18.3 Å². The first-order valence-corrected chi connectivity index (χ1v) is 7.96. The van der Waals surface area contributed by atoms with Crippen molar-refractivity contribution >= 4 is 11.7 Å². The Morgan fingerprint density at radius 2 is 1.77 bits per heavy atom. The summed E-state index contributed by atoms with van der Waals surface area (Å²) in [5.74, 6) is 0.855. The highest BCUT2D eigenvalue weighted by atomic mass is 16.5. The van der Waals surface area contributed by atoms with E-state index in [2.05, 4.69) is 17.5 Å². The van der Waals surface area contributed by atoms with Crippen LogP contribution >= 0.6 is 0 Å². The molecule has 0 atom stereocenters. The van der Waals surface area contributed by atoms with Crippen LogP contribution < -0.4 is 15.9 Å². The Morgan fingerprint density at radius 3 is 2.41 bits per heavy atom. The summed E-state index contributed by atoms with van der Waals surface area (Å²) in [5.41, 5.74) is 8.80. The van der Waals surface area contributed by atoms with Crippen molar-refractivity contribution in [1.82, 2.24) is 5.43 Å². The number of urea groups is 1. The molecule has 0 radical (unpaired) electrons. The fourth-order valence-corrected chi connectivity index (χ4v) is 2.07. The van der Waals surface area contributed by atoms with Crippen LogP contribution in [-0.2, 0) is 0 Å². The highest BCUT2D eigenvalue weighted by Gasteiger charge is 2.00. The zero-order valence-electron chi connectivity index (χ0n) is 13.6. The Labute approximate surface area is 132 Å². The molecule has 0 heterocycles. The van der Waals surface area contributed by atoms with Gasteiger partial charge in [0.1, 0.15) is 5.75 Å². The Hall–Kier alpha value is -2.04. The van der Waals surface area contributed by atoms with E-state index in [-0.39, 0.29) is 0 Å². The average Bonchev–Trinajstić information content (AvgIpc) is 2.52. The molecule has 0 bridgehead atoms. The summed E-state index contributed by atoms with van der Waals surface area (Å²) in [6.07, 6.45) is 7.54. The molecular weight excluding hydrogens is 278 g/mol. The standard InChI is InChI=1S/C17H27N3O2/c1-3-4-5-6-7-8-13-22-16-11-9-15(10-12-16)14(2)19-20-17(18)21/h9-12H,3-8,13H2,1-2H3,(H3,18,20,21). The monoisotopic (exact) mass is 305 g/mol. The summed E-state index contributed by atoms with van der Waals surface area (Å²) in [5, 5.41) is 3.89. The zero-order chi connectivity index (χ0) is 16.2. The lowest BCUT2D eigenvalue weighted by Crippen LogP contribution is -2.25. The SMILES string of the molecule is CCCCCCCCOc1ccc(C(C)=NNC(N)=O)cc1. The number of hydrogen-bond acceptors (Lipinski definition) is 3. The number of hydrogen-bond donors (Lipinski definition) is 2. The highest BCUT2D eigenvalue weighted by molar-refractivity contribution is 5.99. The maximum atomic E-state index is 10.6. The number of nitrogens with zero attached hydrogens (tertiary/aromatic N) is 1. The lowest BCUT2D eigenvalue weighted by molar-refractivity contribution is 0.249. The van der Waals surface area contributed by atoms with Crippen molar-refractivity contribution < 1.29 is 9.53 Å². The minimum Gasteiger partial charge on any atom is -0.494 e. The third-order valence-corrected chi connectivity index (χ3v) is 3.37. The van der Waals surface area contributed by atoms with Crippen LogP contribution in [0.3, 0.4) is 0 Å². The Balaban J connectivity index is 2.30. The third kappa shape index (κ3) is 7.67. The molecule has 3 N–H and O–H groups in total. The van der Waals surface area contributed by atoms with Crippen molar-refractivity contribution in [2.75, 3.05) is 6.61 Å². The predicted octanol–water partition coefficient (Wildman–Crippen LogP) is 3.82. The molecule has 0 saturated heterocycles. The summed E-state index contributed by atoms with van der Waals surface area (Å²) in [4.78, 5) is 10.6. The second-order valence-corrected chi connectivity index (χ2v) is 5.31. The van der Waals surface area contributed by atoms with Gasteiger partial charge in [-0.3, -0.25) is 0 Å². The molecule has 1 aromatic carbocycles. The molecule has 1 rings (SSSR count).